The standard InChI is InChI=1S/C32H62N4O10/c1-31(2,3)29(39)35-13-19-45-25-23-43-17-9-27(37)33-11-7-15-41-21-22-42-16-8-12-34-28(38)10-18-44-24-26-46-20-14-36-30(40)32(4,5)6/h7-26H2,1-6H3,(H,33,37)(H,34,38)(H,35,39)(H,36,40). The van der Waals surface area contributed by atoms with E-state index in [-0.39, 0.29) is 36.5 Å². The molecule has 0 aromatic heterocycles. The smallest absolute Gasteiger partial charge is 0.225 e. The van der Waals surface area contributed by atoms with Crippen LogP contribution in [0.3, 0.4) is 0 Å². The molecule has 0 heterocycles. The van der Waals surface area contributed by atoms with Crippen LogP contribution in [0.25, 0.3) is 0 Å². The van der Waals surface area contributed by atoms with Crippen molar-refractivity contribution in [1.82, 2.24) is 21.3 Å². The van der Waals surface area contributed by atoms with E-state index in [1.165, 1.54) is 0 Å². The van der Waals surface area contributed by atoms with Crippen LogP contribution in [-0.4, -0.2) is 129 Å². The van der Waals surface area contributed by atoms with Crippen molar-refractivity contribution < 1.29 is 47.6 Å². The van der Waals surface area contributed by atoms with Gasteiger partial charge in [0.25, 0.3) is 0 Å². The Morgan fingerprint density at radius 1 is 0.391 bits per heavy atom. The molecule has 0 bridgehead atoms. The molecule has 14 nitrogen and oxygen atoms in total. The van der Waals surface area contributed by atoms with Crippen molar-refractivity contribution in [3.05, 3.63) is 0 Å². The van der Waals surface area contributed by atoms with Crippen molar-refractivity contribution in [3.63, 3.8) is 0 Å². The van der Waals surface area contributed by atoms with Gasteiger partial charge in [0.05, 0.1) is 66.1 Å². The maximum atomic E-state index is 11.9. The molecule has 0 aliphatic carbocycles. The van der Waals surface area contributed by atoms with E-state index in [9.17, 15) is 19.2 Å². The SMILES string of the molecule is CC(C)(C)C(=O)NCCOCCOCCC(=O)NCCCOCCOCCCNC(=O)CCOCCOCCNC(=O)C(C)(C)C. The fourth-order valence-electron chi connectivity index (χ4n) is 3.28. The van der Waals surface area contributed by atoms with Crippen molar-refractivity contribution in [3.8, 4) is 0 Å². The first kappa shape index (κ1) is 43.6. The maximum absolute atomic E-state index is 11.9. The van der Waals surface area contributed by atoms with Gasteiger partial charge in [-0.25, -0.2) is 0 Å². The first-order valence-electron chi connectivity index (χ1n) is 16.4. The van der Waals surface area contributed by atoms with E-state index in [1.807, 2.05) is 41.5 Å². The minimum atomic E-state index is -0.414. The fourth-order valence-corrected chi connectivity index (χ4v) is 3.28. The zero-order chi connectivity index (χ0) is 34.5. The topological polar surface area (TPSA) is 172 Å². The summed E-state index contributed by atoms with van der Waals surface area (Å²) in [6.45, 7) is 18.1. The minimum absolute atomic E-state index is 0.0124. The van der Waals surface area contributed by atoms with Crippen molar-refractivity contribution in [2.75, 3.05) is 105 Å². The Labute approximate surface area is 276 Å². The normalized spacial score (nSPS) is 11.7. The molecule has 0 radical (unpaired) electrons. The number of nitrogens with one attached hydrogen (secondary N) is 4. The first-order valence-corrected chi connectivity index (χ1v) is 16.4. The zero-order valence-electron chi connectivity index (χ0n) is 29.2. The van der Waals surface area contributed by atoms with Gasteiger partial charge in [0, 0.05) is 63.1 Å². The zero-order valence-corrected chi connectivity index (χ0v) is 29.2. The molecule has 0 aliphatic rings. The Morgan fingerprint density at radius 2 is 0.696 bits per heavy atom. The third kappa shape index (κ3) is 29.1. The average Bonchev–Trinajstić information content (AvgIpc) is 2.98. The second-order valence-electron chi connectivity index (χ2n) is 12.6. The molecule has 0 spiro atoms. The Hall–Kier alpha value is -2.36. The predicted octanol–water partition coefficient (Wildman–Crippen LogP) is 1.20. The number of rotatable bonds is 29. The van der Waals surface area contributed by atoms with E-state index in [4.69, 9.17) is 28.4 Å². The lowest BCUT2D eigenvalue weighted by atomic mass is 9.96. The van der Waals surface area contributed by atoms with Gasteiger partial charge in [0.1, 0.15) is 0 Å². The summed E-state index contributed by atoms with van der Waals surface area (Å²) in [4.78, 5) is 47.2. The highest BCUT2D eigenvalue weighted by atomic mass is 16.5. The lowest BCUT2D eigenvalue weighted by Gasteiger charge is -2.17. The maximum Gasteiger partial charge on any atom is 0.225 e. The van der Waals surface area contributed by atoms with E-state index < -0.39 is 10.8 Å². The van der Waals surface area contributed by atoms with E-state index >= 15 is 0 Å². The number of amides is 4. The van der Waals surface area contributed by atoms with Gasteiger partial charge >= 0.3 is 0 Å². The Balaban J connectivity index is 3.34. The largest absolute Gasteiger partial charge is 0.379 e. The number of carbonyl (C=O) groups excluding carboxylic acids is 4. The Morgan fingerprint density at radius 3 is 1.02 bits per heavy atom. The molecule has 4 amide bonds. The Kier molecular flexibility index (Phi) is 26.3. The van der Waals surface area contributed by atoms with Crippen LogP contribution < -0.4 is 21.3 Å². The Bertz CT molecular complexity index is 750. The number of ether oxygens (including phenoxy) is 6. The lowest BCUT2D eigenvalue weighted by Crippen LogP contribution is -2.36. The summed E-state index contributed by atoms with van der Waals surface area (Å²) in [5.41, 5.74) is -0.828. The minimum Gasteiger partial charge on any atom is -0.379 e. The highest BCUT2D eigenvalue weighted by Crippen LogP contribution is 2.12. The third-order valence-corrected chi connectivity index (χ3v) is 6.06. The van der Waals surface area contributed by atoms with E-state index in [1.54, 1.807) is 0 Å². The van der Waals surface area contributed by atoms with E-state index in [0.29, 0.717) is 118 Å². The lowest BCUT2D eigenvalue weighted by molar-refractivity contribution is -0.129. The summed E-state index contributed by atoms with van der Waals surface area (Å²) in [5, 5.41) is 11.3. The predicted molar refractivity (Wildman–Crippen MR) is 174 cm³/mol. The molecule has 0 aliphatic heterocycles. The quantitative estimate of drug-likeness (QED) is 0.0854. The van der Waals surface area contributed by atoms with Crippen LogP contribution in [0.15, 0.2) is 0 Å². The van der Waals surface area contributed by atoms with Gasteiger partial charge in [-0.3, -0.25) is 19.2 Å². The van der Waals surface area contributed by atoms with Gasteiger partial charge < -0.3 is 49.7 Å². The number of hydrogen-bond donors (Lipinski definition) is 4. The highest BCUT2D eigenvalue weighted by Gasteiger charge is 2.20. The van der Waals surface area contributed by atoms with Crippen LogP contribution in [0, 0.1) is 10.8 Å². The molecule has 270 valence electrons. The van der Waals surface area contributed by atoms with Gasteiger partial charge in [-0.15, -0.1) is 0 Å². The number of carbonyl (C=O) groups is 4. The summed E-state index contributed by atoms with van der Waals surface area (Å²) in [6.07, 6.45) is 1.96. The molecule has 14 heteroatoms. The van der Waals surface area contributed by atoms with Crippen molar-refractivity contribution in [1.29, 1.82) is 0 Å². The van der Waals surface area contributed by atoms with Gasteiger partial charge in [0.2, 0.25) is 23.6 Å². The molecular formula is C32H62N4O10. The van der Waals surface area contributed by atoms with Crippen LogP contribution in [0.2, 0.25) is 0 Å². The monoisotopic (exact) mass is 662 g/mol. The summed E-state index contributed by atoms with van der Waals surface area (Å²) in [6, 6.07) is 0. The molecule has 4 N–H and O–H groups in total. The second-order valence-corrected chi connectivity index (χ2v) is 12.6. The van der Waals surface area contributed by atoms with Crippen molar-refractivity contribution >= 4 is 23.6 Å². The van der Waals surface area contributed by atoms with Crippen LogP contribution in [0.4, 0.5) is 0 Å². The summed E-state index contributed by atoms with van der Waals surface area (Å²) in [7, 11) is 0. The molecule has 46 heavy (non-hydrogen) atoms. The summed E-state index contributed by atoms with van der Waals surface area (Å²) in [5.74, 6) is -0.174. The van der Waals surface area contributed by atoms with Crippen LogP contribution >= 0.6 is 0 Å². The van der Waals surface area contributed by atoms with Crippen LogP contribution in [0.5, 0.6) is 0 Å². The molecule has 0 saturated heterocycles. The van der Waals surface area contributed by atoms with E-state index in [0.717, 1.165) is 0 Å². The van der Waals surface area contributed by atoms with Crippen molar-refractivity contribution in [2.24, 2.45) is 10.8 Å². The van der Waals surface area contributed by atoms with Gasteiger partial charge in [-0.2, -0.15) is 0 Å². The molecule has 0 atom stereocenters. The molecule has 0 rings (SSSR count). The molecular weight excluding hydrogens is 600 g/mol. The second kappa shape index (κ2) is 27.7. The molecule has 0 unspecified atom stereocenters. The molecule has 0 aromatic carbocycles. The average molecular weight is 663 g/mol. The first-order chi connectivity index (χ1) is 21.8. The van der Waals surface area contributed by atoms with Crippen LogP contribution in [-0.2, 0) is 47.6 Å². The third-order valence-electron chi connectivity index (χ3n) is 6.06. The highest BCUT2D eigenvalue weighted by molar-refractivity contribution is 5.81. The molecule has 0 aromatic rings. The summed E-state index contributed by atoms with van der Waals surface area (Å²) >= 11 is 0. The molecule has 0 saturated carbocycles. The number of hydrogen-bond acceptors (Lipinski definition) is 10. The van der Waals surface area contributed by atoms with Gasteiger partial charge in [0.15, 0.2) is 0 Å². The molecule has 0 fully saturated rings. The fraction of sp³-hybridized carbons (Fsp3) is 0.875. The van der Waals surface area contributed by atoms with Crippen LogP contribution in [0.1, 0.15) is 67.2 Å². The van der Waals surface area contributed by atoms with Gasteiger partial charge in [-0.05, 0) is 12.8 Å². The van der Waals surface area contributed by atoms with E-state index in [2.05, 4.69) is 21.3 Å². The summed E-state index contributed by atoms with van der Waals surface area (Å²) < 4.78 is 32.6. The van der Waals surface area contributed by atoms with Crippen molar-refractivity contribution in [2.45, 2.75) is 67.2 Å². The van der Waals surface area contributed by atoms with Gasteiger partial charge in [-0.1, -0.05) is 41.5 Å².